The fourth-order valence-electron chi connectivity index (χ4n) is 2.57. The summed E-state index contributed by atoms with van der Waals surface area (Å²) < 4.78 is 5.80. The Labute approximate surface area is 158 Å². The van der Waals surface area contributed by atoms with Crippen molar-refractivity contribution in [2.24, 2.45) is 0 Å². The van der Waals surface area contributed by atoms with Crippen LogP contribution in [0.5, 0.6) is 5.75 Å². The topological polar surface area (TPSA) is 50.3 Å². The van der Waals surface area contributed by atoms with Gasteiger partial charge in [-0.05, 0) is 59.7 Å². The normalized spacial score (nSPS) is 10.9. The third kappa shape index (κ3) is 5.03. The molecule has 0 spiro atoms. The lowest BCUT2D eigenvalue weighted by Crippen LogP contribution is -2.27. The van der Waals surface area contributed by atoms with E-state index in [-0.39, 0.29) is 0 Å². The van der Waals surface area contributed by atoms with Crippen LogP contribution in [-0.2, 0) is 0 Å². The highest BCUT2D eigenvalue weighted by Gasteiger charge is 2.03. The number of likely N-dealkylation sites (N-methyl/N-ethyl adjacent to an activating group) is 1. The molecule has 0 unspecified atom stereocenters. The first-order valence-corrected chi connectivity index (χ1v) is 9.79. The van der Waals surface area contributed by atoms with Crippen LogP contribution in [0.3, 0.4) is 0 Å². The van der Waals surface area contributed by atoms with Crippen molar-refractivity contribution >= 4 is 23.0 Å². The van der Waals surface area contributed by atoms with Crippen LogP contribution in [0, 0.1) is 0 Å². The van der Waals surface area contributed by atoms with Crippen LogP contribution in [-0.4, -0.2) is 41.1 Å². The summed E-state index contributed by atoms with van der Waals surface area (Å²) in [5.41, 5.74) is 3.10. The van der Waals surface area contributed by atoms with Crippen molar-refractivity contribution in [2.45, 2.75) is 13.8 Å². The third-order valence-corrected chi connectivity index (χ3v) is 4.87. The molecule has 1 N–H and O–H groups in total. The van der Waals surface area contributed by atoms with Crippen LogP contribution >= 0.6 is 11.3 Å². The lowest BCUT2D eigenvalue weighted by molar-refractivity contribution is 0.223. The summed E-state index contributed by atoms with van der Waals surface area (Å²) >= 11 is 1.67. The lowest BCUT2D eigenvalue weighted by atomic mass is 10.2. The molecule has 0 fully saturated rings. The van der Waals surface area contributed by atoms with Crippen molar-refractivity contribution < 1.29 is 4.74 Å². The number of benzene rings is 1. The van der Waals surface area contributed by atoms with E-state index in [1.54, 1.807) is 11.3 Å². The number of hydrogen-bond acceptors (Lipinski definition) is 6. The minimum Gasteiger partial charge on any atom is -0.492 e. The quantitative estimate of drug-likeness (QED) is 0.595. The zero-order chi connectivity index (χ0) is 18.2. The standard InChI is InChI=1S/C20H24N4OS/c1-3-24(4-2)10-11-25-19-7-5-18(6-8-19)23-20-21-13-17(14-22-20)16-9-12-26-15-16/h5-9,12-15H,3-4,10-11H2,1-2H3,(H,21,22,23). The molecule has 1 aromatic carbocycles. The minimum absolute atomic E-state index is 0.583. The number of hydrogen-bond donors (Lipinski definition) is 1. The van der Waals surface area contributed by atoms with E-state index in [2.05, 4.69) is 45.5 Å². The summed E-state index contributed by atoms with van der Waals surface area (Å²) in [5.74, 6) is 1.45. The van der Waals surface area contributed by atoms with Gasteiger partial charge in [0.05, 0.1) is 0 Å². The highest BCUT2D eigenvalue weighted by atomic mass is 32.1. The van der Waals surface area contributed by atoms with E-state index in [1.165, 1.54) is 0 Å². The molecule has 0 aliphatic rings. The van der Waals surface area contributed by atoms with E-state index in [0.717, 1.165) is 42.2 Å². The molecule has 0 amide bonds. The lowest BCUT2D eigenvalue weighted by Gasteiger charge is -2.18. The maximum atomic E-state index is 5.80. The number of nitrogens with one attached hydrogen (secondary N) is 1. The molecule has 3 rings (SSSR count). The van der Waals surface area contributed by atoms with Gasteiger partial charge < -0.3 is 15.0 Å². The van der Waals surface area contributed by atoms with Gasteiger partial charge in [0.1, 0.15) is 12.4 Å². The fraction of sp³-hybridized carbons (Fsp3) is 0.300. The molecule has 0 atom stereocenters. The van der Waals surface area contributed by atoms with Crippen molar-refractivity contribution in [2.75, 3.05) is 31.6 Å². The Hall–Kier alpha value is -2.44. The number of ether oxygens (including phenoxy) is 1. The third-order valence-electron chi connectivity index (χ3n) is 4.19. The highest BCUT2D eigenvalue weighted by Crippen LogP contribution is 2.22. The molecule has 2 aromatic heterocycles. The van der Waals surface area contributed by atoms with Gasteiger partial charge in [0.15, 0.2) is 0 Å². The monoisotopic (exact) mass is 368 g/mol. The van der Waals surface area contributed by atoms with E-state index in [4.69, 9.17) is 4.74 Å². The van der Waals surface area contributed by atoms with Crippen LogP contribution in [0.15, 0.2) is 53.5 Å². The van der Waals surface area contributed by atoms with E-state index in [1.807, 2.05) is 42.0 Å². The Kier molecular flexibility index (Phi) is 6.57. The van der Waals surface area contributed by atoms with Crippen LogP contribution < -0.4 is 10.1 Å². The fourth-order valence-corrected chi connectivity index (χ4v) is 3.23. The maximum absolute atomic E-state index is 5.80. The van der Waals surface area contributed by atoms with Gasteiger partial charge in [-0.2, -0.15) is 11.3 Å². The molecular formula is C20H24N4OS. The smallest absolute Gasteiger partial charge is 0.227 e. The van der Waals surface area contributed by atoms with Crippen LogP contribution in [0.25, 0.3) is 11.1 Å². The van der Waals surface area contributed by atoms with E-state index < -0.39 is 0 Å². The molecule has 0 saturated carbocycles. The SMILES string of the molecule is CCN(CC)CCOc1ccc(Nc2ncc(-c3ccsc3)cn2)cc1. The molecule has 136 valence electrons. The van der Waals surface area contributed by atoms with Crippen molar-refractivity contribution in [1.82, 2.24) is 14.9 Å². The summed E-state index contributed by atoms with van der Waals surface area (Å²) in [6.45, 7) is 8.07. The second kappa shape index (κ2) is 9.31. The van der Waals surface area contributed by atoms with E-state index in [9.17, 15) is 0 Å². The van der Waals surface area contributed by atoms with Crippen molar-refractivity contribution in [1.29, 1.82) is 0 Å². The number of anilines is 2. The zero-order valence-electron chi connectivity index (χ0n) is 15.2. The number of rotatable bonds is 9. The Morgan fingerprint density at radius 2 is 1.73 bits per heavy atom. The van der Waals surface area contributed by atoms with Crippen LogP contribution in [0.1, 0.15) is 13.8 Å². The molecule has 0 bridgehead atoms. The van der Waals surface area contributed by atoms with Crippen molar-refractivity contribution in [3.63, 3.8) is 0 Å². The van der Waals surface area contributed by atoms with Gasteiger partial charge >= 0.3 is 0 Å². The molecule has 3 aromatic rings. The molecule has 0 radical (unpaired) electrons. The predicted octanol–water partition coefficient (Wildman–Crippen LogP) is 4.67. The Morgan fingerprint density at radius 3 is 2.35 bits per heavy atom. The molecule has 0 saturated heterocycles. The van der Waals surface area contributed by atoms with Gasteiger partial charge in [-0.1, -0.05) is 13.8 Å². The van der Waals surface area contributed by atoms with Gasteiger partial charge in [0, 0.05) is 30.2 Å². The second-order valence-corrected chi connectivity index (χ2v) is 6.61. The average molecular weight is 369 g/mol. The van der Waals surface area contributed by atoms with Gasteiger partial charge in [-0.15, -0.1) is 0 Å². The van der Waals surface area contributed by atoms with Gasteiger partial charge in [0.2, 0.25) is 5.95 Å². The van der Waals surface area contributed by atoms with Crippen molar-refractivity contribution in [3.05, 3.63) is 53.5 Å². The first-order chi connectivity index (χ1) is 12.8. The number of nitrogens with zero attached hydrogens (tertiary/aromatic N) is 3. The molecule has 26 heavy (non-hydrogen) atoms. The zero-order valence-corrected chi connectivity index (χ0v) is 16.0. The van der Waals surface area contributed by atoms with Gasteiger partial charge in [-0.25, -0.2) is 9.97 Å². The minimum atomic E-state index is 0.583. The predicted molar refractivity (Wildman–Crippen MR) is 108 cm³/mol. The molecular weight excluding hydrogens is 344 g/mol. The molecule has 6 heteroatoms. The molecule has 2 heterocycles. The van der Waals surface area contributed by atoms with Crippen molar-refractivity contribution in [3.8, 4) is 16.9 Å². The highest BCUT2D eigenvalue weighted by molar-refractivity contribution is 7.08. The van der Waals surface area contributed by atoms with Crippen LogP contribution in [0.4, 0.5) is 11.6 Å². The summed E-state index contributed by atoms with van der Waals surface area (Å²) in [7, 11) is 0. The summed E-state index contributed by atoms with van der Waals surface area (Å²) in [6.07, 6.45) is 3.67. The Balaban J connectivity index is 1.52. The second-order valence-electron chi connectivity index (χ2n) is 5.83. The average Bonchev–Trinajstić information content (AvgIpc) is 3.22. The number of aromatic nitrogens is 2. The Bertz CT molecular complexity index is 769. The van der Waals surface area contributed by atoms with Gasteiger partial charge in [0.25, 0.3) is 0 Å². The van der Waals surface area contributed by atoms with Crippen LogP contribution in [0.2, 0.25) is 0 Å². The first-order valence-electron chi connectivity index (χ1n) is 8.85. The first kappa shape index (κ1) is 18.4. The molecule has 5 nitrogen and oxygen atoms in total. The summed E-state index contributed by atoms with van der Waals surface area (Å²) in [4.78, 5) is 11.1. The Morgan fingerprint density at radius 1 is 1.00 bits per heavy atom. The maximum Gasteiger partial charge on any atom is 0.227 e. The number of thiophene rings is 1. The van der Waals surface area contributed by atoms with E-state index in [0.29, 0.717) is 12.6 Å². The summed E-state index contributed by atoms with van der Waals surface area (Å²) in [6, 6.07) is 9.94. The van der Waals surface area contributed by atoms with Gasteiger partial charge in [-0.3, -0.25) is 0 Å². The molecule has 0 aliphatic heterocycles. The summed E-state index contributed by atoms with van der Waals surface area (Å²) in [5, 5.41) is 7.35. The largest absolute Gasteiger partial charge is 0.492 e. The molecule has 0 aliphatic carbocycles. The van der Waals surface area contributed by atoms with E-state index >= 15 is 0 Å².